The third kappa shape index (κ3) is 3.26. The zero-order chi connectivity index (χ0) is 18.3. The van der Waals surface area contributed by atoms with Crippen molar-refractivity contribution in [3.63, 3.8) is 0 Å². The molecular weight excluding hydrogens is 348 g/mol. The van der Waals surface area contributed by atoms with E-state index in [2.05, 4.69) is 10.4 Å². The van der Waals surface area contributed by atoms with Crippen LogP contribution in [0.15, 0.2) is 24.4 Å². The first-order chi connectivity index (χ1) is 12.6. The number of nitrogens with one attached hydrogen (secondary N) is 1. The van der Waals surface area contributed by atoms with E-state index in [4.69, 9.17) is 11.6 Å². The van der Waals surface area contributed by atoms with Crippen LogP contribution in [-0.4, -0.2) is 47.3 Å². The van der Waals surface area contributed by atoms with Crippen LogP contribution in [0.2, 0.25) is 5.02 Å². The van der Waals surface area contributed by atoms with E-state index in [0.717, 1.165) is 66.4 Å². The highest BCUT2D eigenvalue weighted by molar-refractivity contribution is 6.31. The number of rotatable bonds is 5. The normalized spacial score (nSPS) is 20.0. The molecule has 1 aromatic carbocycles. The molecule has 2 aliphatic rings. The van der Waals surface area contributed by atoms with E-state index >= 15 is 0 Å². The number of aryl methyl sites for hydroxylation is 1. The van der Waals surface area contributed by atoms with Gasteiger partial charge in [-0.3, -0.25) is 4.79 Å². The molecule has 0 unspecified atom stereocenters. The molecule has 2 aromatic rings. The fourth-order valence-electron chi connectivity index (χ4n) is 3.83. The number of aromatic nitrogens is 2. The highest BCUT2D eigenvalue weighted by Gasteiger charge is 2.35. The standard InChI is InChI=1S/C20H25ClN4O/c1-13-3-6-16(9-18(13)21)25-19(15-4-5-15)17(11-23-25)20(26)24-8-7-14(12-24)10-22-2/h3,6,9,11,14-15,22H,4-5,7-8,10,12H2,1-2H3/t14-/m1/s1. The van der Waals surface area contributed by atoms with Gasteiger partial charge in [0, 0.05) is 24.0 Å². The van der Waals surface area contributed by atoms with E-state index in [0.29, 0.717) is 11.8 Å². The van der Waals surface area contributed by atoms with E-state index in [1.165, 1.54) is 0 Å². The third-order valence-corrected chi connectivity index (χ3v) is 5.87. The Labute approximate surface area is 159 Å². The van der Waals surface area contributed by atoms with Gasteiger partial charge in [-0.1, -0.05) is 17.7 Å². The van der Waals surface area contributed by atoms with Crippen LogP contribution in [0.4, 0.5) is 0 Å². The zero-order valence-electron chi connectivity index (χ0n) is 15.3. The molecule has 26 heavy (non-hydrogen) atoms. The van der Waals surface area contributed by atoms with Gasteiger partial charge in [-0.05, 0) is 63.4 Å². The number of carbonyl (C=O) groups is 1. The first kappa shape index (κ1) is 17.6. The van der Waals surface area contributed by atoms with Gasteiger partial charge in [0.25, 0.3) is 5.91 Å². The predicted octanol–water partition coefficient (Wildman–Crippen LogP) is 3.39. The molecule has 2 fully saturated rings. The lowest BCUT2D eigenvalue weighted by molar-refractivity contribution is 0.0786. The van der Waals surface area contributed by atoms with Crippen molar-refractivity contribution in [2.24, 2.45) is 5.92 Å². The van der Waals surface area contributed by atoms with Gasteiger partial charge in [0.1, 0.15) is 0 Å². The molecular formula is C20H25ClN4O. The number of hydrogen-bond acceptors (Lipinski definition) is 3. The highest BCUT2D eigenvalue weighted by atomic mass is 35.5. The van der Waals surface area contributed by atoms with Crippen molar-refractivity contribution in [1.29, 1.82) is 0 Å². The molecule has 6 heteroatoms. The first-order valence-electron chi connectivity index (χ1n) is 9.36. The summed E-state index contributed by atoms with van der Waals surface area (Å²) in [5.41, 5.74) is 3.77. The number of benzene rings is 1. The number of likely N-dealkylation sites (tertiary alicyclic amines) is 1. The van der Waals surface area contributed by atoms with Gasteiger partial charge < -0.3 is 10.2 Å². The Morgan fingerprint density at radius 2 is 2.15 bits per heavy atom. The lowest BCUT2D eigenvalue weighted by atomic mass is 10.1. The molecule has 1 saturated heterocycles. The SMILES string of the molecule is CNC[C@H]1CCN(C(=O)c2cnn(-c3ccc(C)c(Cl)c3)c2C2CC2)C1. The molecule has 0 bridgehead atoms. The number of halogens is 1. The second kappa shape index (κ2) is 7.05. The monoisotopic (exact) mass is 372 g/mol. The summed E-state index contributed by atoms with van der Waals surface area (Å²) in [6, 6.07) is 5.95. The summed E-state index contributed by atoms with van der Waals surface area (Å²) < 4.78 is 1.91. The Balaban J connectivity index is 1.64. The quantitative estimate of drug-likeness (QED) is 0.875. The van der Waals surface area contributed by atoms with E-state index < -0.39 is 0 Å². The Kier molecular flexibility index (Phi) is 4.76. The smallest absolute Gasteiger partial charge is 0.257 e. The summed E-state index contributed by atoms with van der Waals surface area (Å²) in [6.45, 7) is 4.60. The topological polar surface area (TPSA) is 50.2 Å². The summed E-state index contributed by atoms with van der Waals surface area (Å²) in [4.78, 5) is 15.1. The lowest BCUT2D eigenvalue weighted by Crippen LogP contribution is -2.30. The third-order valence-electron chi connectivity index (χ3n) is 5.47. The van der Waals surface area contributed by atoms with Crippen molar-refractivity contribution >= 4 is 17.5 Å². The van der Waals surface area contributed by atoms with Gasteiger partial charge in [-0.2, -0.15) is 5.10 Å². The summed E-state index contributed by atoms with van der Waals surface area (Å²) in [7, 11) is 1.96. The molecule has 1 aliphatic heterocycles. The lowest BCUT2D eigenvalue weighted by Gasteiger charge is -2.17. The van der Waals surface area contributed by atoms with Crippen LogP contribution in [0.5, 0.6) is 0 Å². The van der Waals surface area contributed by atoms with E-state index in [1.54, 1.807) is 6.20 Å². The second-order valence-electron chi connectivity index (χ2n) is 7.53. The Morgan fingerprint density at radius 1 is 1.35 bits per heavy atom. The minimum atomic E-state index is 0.120. The molecule has 2 heterocycles. The molecule has 1 aliphatic carbocycles. The zero-order valence-corrected chi connectivity index (χ0v) is 16.1. The van der Waals surface area contributed by atoms with Crippen LogP contribution < -0.4 is 5.32 Å². The van der Waals surface area contributed by atoms with E-state index in [-0.39, 0.29) is 5.91 Å². The summed E-state index contributed by atoms with van der Waals surface area (Å²) in [6.07, 6.45) is 5.05. The molecule has 138 valence electrons. The molecule has 0 spiro atoms. The van der Waals surface area contributed by atoms with Crippen molar-refractivity contribution in [2.75, 3.05) is 26.7 Å². The minimum Gasteiger partial charge on any atom is -0.338 e. The van der Waals surface area contributed by atoms with Crippen molar-refractivity contribution < 1.29 is 4.79 Å². The van der Waals surface area contributed by atoms with E-state index in [1.807, 2.05) is 41.8 Å². The fraction of sp³-hybridized carbons (Fsp3) is 0.500. The average molecular weight is 373 g/mol. The molecule has 1 aromatic heterocycles. The predicted molar refractivity (Wildman–Crippen MR) is 103 cm³/mol. The van der Waals surface area contributed by atoms with E-state index in [9.17, 15) is 4.79 Å². The molecule has 4 rings (SSSR count). The van der Waals surface area contributed by atoms with Crippen LogP contribution in [0.1, 0.15) is 46.8 Å². The molecule has 0 radical (unpaired) electrons. The Bertz CT molecular complexity index is 827. The average Bonchev–Trinajstić information content (AvgIpc) is 3.19. The molecule has 5 nitrogen and oxygen atoms in total. The first-order valence-corrected chi connectivity index (χ1v) is 9.74. The molecule has 1 atom stereocenters. The maximum Gasteiger partial charge on any atom is 0.257 e. The Morgan fingerprint density at radius 3 is 2.85 bits per heavy atom. The number of hydrogen-bond donors (Lipinski definition) is 1. The second-order valence-corrected chi connectivity index (χ2v) is 7.93. The van der Waals surface area contributed by atoms with Crippen LogP contribution in [0, 0.1) is 12.8 Å². The van der Waals surface area contributed by atoms with Crippen LogP contribution in [-0.2, 0) is 0 Å². The minimum absolute atomic E-state index is 0.120. The van der Waals surface area contributed by atoms with Crippen molar-refractivity contribution in [1.82, 2.24) is 20.0 Å². The van der Waals surface area contributed by atoms with Gasteiger partial charge in [0.15, 0.2) is 0 Å². The molecule has 1 saturated carbocycles. The maximum absolute atomic E-state index is 13.1. The Hall–Kier alpha value is -1.85. The number of carbonyl (C=O) groups excluding carboxylic acids is 1. The summed E-state index contributed by atoms with van der Waals surface area (Å²) in [5, 5.41) is 8.51. The summed E-state index contributed by atoms with van der Waals surface area (Å²) in [5.74, 6) is 1.08. The highest BCUT2D eigenvalue weighted by Crippen LogP contribution is 2.43. The molecule has 1 amide bonds. The van der Waals surface area contributed by atoms with Gasteiger partial charge in [-0.15, -0.1) is 0 Å². The molecule has 1 N–H and O–H groups in total. The van der Waals surface area contributed by atoms with Gasteiger partial charge in [-0.25, -0.2) is 4.68 Å². The van der Waals surface area contributed by atoms with Crippen molar-refractivity contribution in [2.45, 2.75) is 32.1 Å². The van der Waals surface area contributed by atoms with Gasteiger partial charge >= 0.3 is 0 Å². The van der Waals surface area contributed by atoms with Gasteiger partial charge in [0.2, 0.25) is 0 Å². The van der Waals surface area contributed by atoms with Crippen molar-refractivity contribution in [3.8, 4) is 5.69 Å². The van der Waals surface area contributed by atoms with Crippen LogP contribution in [0.25, 0.3) is 5.69 Å². The number of amides is 1. The summed E-state index contributed by atoms with van der Waals surface area (Å²) >= 11 is 6.31. The van der Waals surface area contributed by atoms with Gasteiger partial charge in [0.05, 0.1) is 23.1 Å². The van der Waals surface area contributed by atoms with Crippen LogP contribution >= 0.6 is 11.6 Å². The largest absolute Gasteiger partial charge is 0.338 e. The maximum atomic E-state index is 13.1. The fourth-order valence-corrected chi connectivity index (χ4v) is 4.01. The van der Waals surface area contributed by atoms with Crippen LogP contribution in [0.3, 0.4) is 0 Å². The number of nitrogens with zero attached hydrogens (tertiary/aromatic N) is 3. The van der Waals surface area contributed by atoms with Crippen molar-refractivity contribution in [3.05, 3.63) is 46.2 Å².